The van der Waals surface area contributed by atoms with Crippen LogP contribution in [0.5, 0.6) is 0 Å². The molecule has 0 saturated heterocycles. The lowest BCUT2D eigenvalue weighted by Crippen LogP contribution is -2.42. The normalized spacial score (nSPS) is 11.1. The molecule has 14 heavy (non-hydrogen) atoms. The van der Waals surface area contributed by atoms with E-state index in [9.17, 15) is 8.78 Å². The number of benzene rings is 1. The van der Waals surface area contributed by atoms with Gasteiger partial charge in [0.25, 0.3) is 0 Å². The van der Waals surface area contributed by atoms with E-state index in [1.807, 2.05) is 19.6 Å². The fourth-order valence-electron chi connectivity index (χ4n) is 1.35. The van der Waals surface area contributed by atoms with E-state index in [0.29, 0.717) is 0 Å². The molecule has 0 radical (unpaired) electrons. The molecule has 0 saturated carbocycles. The molecular weight excluding hydrogens is 200 g/mol. The van der Waals surface area contributed by atoms with Gasteiger partial charge in [-0.05, 0) is 12.1 Å². The molecule has 1 rings (SSSR count). The Hall–Kier alpha value is -1.21. The van der Waals surface area contributed by atoms with Crippen LogP contribution in [-0.2, 0) is 0 Å². The zero-order valence-electron chi connectivity index (χ0n) is 8.36. The molecule has 0 N–H and O–H groups in total. The Labute approximate surface area is 83.0 Å². The molecule has 0 aliphatic carbocycles. The maximum Gasteiger partial charge on any atom is 0.126 e. The molecule has 0 heterocycles. The second-order valence-corrected chi connectivity index (χ2v) is 9.18. The standard InChI is InChI=1S/C10H11F2NSi/c1-14(2,3)10-8(11)4-7(6-13)5-9(10)12/h4-5H,1-3H3. The topological polar surface area (TPSA) is 23.8 Å². The van der Waals surface area contributed by atoms with Gasteiger partial charge in [0.1, 0.15) is 11.6 Å². The van der Waals surface area contributed by atoms with Gasteiger partial charge in [-0.3, -0.25) is 0 Å². The van der Waals surface area contributed by atoms with Gasteiger partial charge in [-0.2, -0.15) is 5.26 Å². The van der Waals surface area contributed by atoms with Crippen molar-refractivity contribution in [3.63, 3.8) is 0 Å². The molecule has 0 aromatic heterocycles. The Kier molecular flexibility index (Phi) is 2.72. The molecular formula is C10H11F2NSi. The summed E-state index contributed by atoms with van der Waals surface area (Å²) in [5.41, 5.74) is 0.0296. The monoisotopic (exact) mass is 211 g/mol. The lowest BCUT2D eigenvalue weighted by Gasteiger charge is -2.18. The molecule has 1 nitrogen and oxygen atoms in total. The molecule has 0 amide bonds. The highest BCUT2D eigenvalue weighted by atomic mass is 28.3. The predicted octanol–water partition coefficient (Wildman–Crippen LogP) is 2.38. The first-order chi connectivity index (χ1) is 6.36. The van der Waals surface area contributed by atoms with E-state index in [4.69, 9.17) is 5.26 Å². The second kappa shape index (κ2) is 3.50. The summed E-state index contributed by atoms with van der Waals surface area (Å²) in [6, 6.07) is 3.91. The van der Waals surface area contributed by atoms with Gasteiger partial charge < -0.3 is 0 Å². The van der Waals surface area contributed by atoms with E-state index in [1.165, 1.54) is 0 Å². The first kappa shape index (κ1) is 10.9. The third-order valence-corrected chi connectivity index (χ3v) is 3.90. The van der Waals surface area contributed by atoms with Crippen molar-refractivity contribution in [3.8, 4) is 6.07 Å². The van der Waals surface area contributed by atoms with Crippen LogP contribution in [0.25, 0.3) is 0 Å². The maximum absolute atomic E-state index is 13.4. The number of rotatable bonds is 1. The van der Waals surface area contributed by atoms with Crippen molar-refractivity contribution >= 4 is 13.3 Å². The summed E-state index contributed by atoms with van der Waals surface area (Å²) < 4.78 is 26.9. The van der Waals surface area contributed by atoms with Crippen LogP contribution in [-0.4, -0.2) is 8.07 Å². The van der Waals surface area contributed by atoms with Crippen LogP contribution in [0.1, 0.15) is 5.56 Å². The van der Waals surface area contributed by atoms with Crippen LogP contribution in [0.15, 0.2) is 12.1 Å². The van der Waals surface area contributed by atoms with Gasteiger partial charge in [-0.25, -0.2) is 8.78 Å². The van der Waals surface area contributed by atoms with E-state index in [2.05, 4.69) is 0 Å². The van der Waals surface area contributed by atoms with Gasteiger partial charge in [0, 0.05) is 5.19 Å². The Morgan fingerprint density at radius 2 is 1.57 bits per heavy atom. The van der Waals surface area contributed by atoms with Crippen molar-refractivity contribution in [2.45, 2.75) is 19.6 Å². The summed E-state index contributed by atoms with van der Waals surface area (Å²) in [7, 11) is -2.02. The van der Waals surface area contributed by atoms with E-state index in [-0.39, 0.29) is 10.8 Å². The third kappa shape index (κ3) is 1.99. The van der Waals surface area contributed by atoms with Gasteiger partial charge in [-0.15, -0.1) is 0 Å². The minimum Gasteiger partial charge on any atom is -0.207 e. The molecule has 4 heteroatoms. The van der Waals surface area contributed by atoms with Crippen LogP contribution in [0, 0.1) is 23.0 Å². The maximum atomic E-state index is 13.4. The lowest BCUT2D eigenvalue weighted by molar-refractivity contribution is 0.595. The molecule has 0 fully saturated rings. The van der Waals surface area contributed by atoms with Crippen molar-refractivity contribution in [1.29, 1.82) is 5.26 Å². The number of nitriles is 1. The molecule has 74 valence electrons. The predicted molar refractivity (Wildman–Crippen MR) is 54.1 cm³/mol. The summed E-state index contributed by atoms with van der Waals surface area (Å²) in [6.45, 7) is 5.58. The fraction of sp³-hybridized carbons (Fsp3) is 0.300. The second-order valence-electron chi connectivity index (χ2n) is 4.18. The SMILES string of the molecule is C[Si](C)(C)c1c(F)cc(C#N)cc1F. The van der Waals surface area contributed by atoms with Crippen molar-refractivity contribution in [1.82, 2.24) is 0 Å². The van der Waals surface area contributed by atoms with E-state index in [1.54, 1.807) is 6.07 Å². The summed E-state index contributed by atoms with van der Waals surface area (Å²) >= 11 is 0. The van der Waals surface area contributed by atoms with Crippen LogP contribution in [0.2, 0.25) is 19.6 Å². The number of hydrogen-bond acceptors (Lipinski definition) is 1. The summed E-state index contributed by atoms with van der Waals surface area (Å²) in [4.78, 5) is 0. The highest BCUT2D eigenvalue weighted by Gasteiger charge is 2.25. The Morgan fingerprint density at radius 3 is 1.86 bits per heavy atom. The van der Waals surface area contributed by atoms with Gasteiger partial charge in [0.2, 0.25) is 0 Å². The molecule has 0 atom stereocenters. The summed E-state index contributed by atoms with van der Waals surface area (Å²) in [5, 5.41) is 8.67. The van der Waals surface area contributed by atoms with E-state index >= 15 is 0 Å². The Morgan fingerprint density at radius 1 is 1.14 bits per heavy atom. The molecule has 1 aromatic rings. The van der Waals surface area contributed by atoms with Crippen LogP contribution < -0.4 is 5.19 Å². The van der Waals surface area contributed by atoms with Crippen LogP contribution >= 0.6 is 0 Å². The van der Waals surface area contributed by atoms with Crippen molar-refractivity contribution in [2.24, 2.45) is 0 Å². The average molecular weight is 211 g/mol. The van der Waals surface area contributed by atoms with Crippen molar-refractivity contribution in [3.05, 3.63) is 29.3 Å². The van der Waals surface area contributed by atoms with Crippen LogP contribution in [0.4, 0.5) is 8.78 Å². The first-order valence-corrected chi connectivity index (χ1v) is 7.76. The average Bonchev–Trinajstić information content (AvgIpc) is 1.99. The van der Waals surface area contributed by atoms with Gasteiger partial charge in [-0.1, -0.05) is 19.6 Å². The van der Waals surface area contributed by atoms with Crippen LogP contribution in [0.3, 0.4) is 0 Å². The van der Waals surface area contributed by atoms with Gasteiger partial charge in [0.15, 0.2) is 0 Å². The van der Waals surface area contributed by atoms with E-state index < -0.39 is 19.7 Å². The molecule has 0 aliphatic heterocycles. The lowest BCUT2D eigenvalue weighted by atomic mass is 10.2. The smallest absolute Gasteiger partial charge is 0.126 e. The van der Waals surface area contributed by atoms with Gasteiger partial charge >= 0.3 is 0 Å². The summed E-state index contributed by atoms with van der Waals surface area (Å²) in [5.74, 6) is -1.19. The Bertz CT molecular complexity index is 379. The largest absolute Gasteiger partial charge is 0.207 e. The molecule has 0 unspecified atom stereocenters. The zero-order chi connectivity index (χ0) is 10.9. The highest BCUT2D eigenvalue weighted by Crippen LogP contribution is 2.11. The Balaban J connectivity index is 3.42. The number of nitrogens with zero attached hydrogens (tertiary/aromatic N) is 1. The quantitative estimate of drug-likeness (QED) is 0.654. The molecule has 0 bridgehead atoms. The highest BCUT2D eigenvalue weighted by molar-refractivity contribution is 6.88. The molecule has 0 spiro atoms. The fourth-order valence-corrected chi connectivity index (χ4v) is 2.93. The molecule has 1 aromatic carbocycles. The number of halogens is 2. The minimum absolute atomic E-state index is 0.0296. The van der Waals surface area contributed by atoms with Crippen molar-refractivity contribution < 1.29 is 8.78 Å². The molecule has 0 aliphatic rings. The van der Waals surface area contributed by atoms with E-state index in [0.717, 1.165) is 12.1 Å². The number of hydrogen-bond donors (Lipinski definition) is 0. The van der Waals surface area contributed by atoms with Crippen molar-refractivity contribution in [2.75, 3.05) is 0 Å². The zero-order valence-corrected chi connectivity index (χ0v) is 9.36. The first-order valence-electron chi connectivity index (χ1n) is 4.26. The summed E-state index contributed by atoms with van der Waals surface area (Å²) in [6.07, 6.45) is 0. The minimum atomic E-state index is -2.02. The third-order valence-electron chi connectivity index (χ3n) is 1.92. The van der Waals surface area contributed by atoms with Gasteiger partial charge in [0.05, 0.1) is 19.7 Å².